The molecular formula is C50H68Cs2F7NO13S. The first-order chi connectivity index (χ1) is 34.6. The van der Waals surface area contributed by atoms with Crippen LogP contribution in [0.2, 0.25) is 0 Å². The maximum absolute atomic E-state index is 11.9. The molecule has 408 valence electrons. The van der Waals surface area contributed by atoms with Crippen LogP contribution in [0.4, 0.5) is 30.7 Å². The maximum atomic E-state index is 11.9. The molecule has 0 spiro atoms. The molecular weight excluding hydrogens is 1250 g/mol. The smallest absolute Gasteiger partial charge is 1.00 e. The Labute approximate surface area is 550 Å². The third-order valence-corrected chi connectivity index (χ3v) is 11.7. The number of aromatic hydroxyl groups is 1. The minimum Gasteiger partial charge on any atom is -1.00 e. The number of aliphatic hydroxyl groups is 2. The fourth-order valence-corrected chi connectivity index (χ4v) is 8.06. The quantitative estimate of drug-likeness (QED) is 0.0578. The zero-order valence-electron chi connectivity index (χ0n) is 44.4. The molecule has 0 radical (unpaired) electrons. The Hall–Kier alpha value is -1.29. The normalized spacial score (nSPS) is 16.1. The van der Waals surface area contributed by atoms with Crippen LogP contribution in [-0.2, 0) is 24.0 Å². The summed E-state index contributed by atoms with van der Waals surface area (Å²) >= 11 is 0. The number of rotatable bonds is 10. The zero-order valence-corrected chi connectivity index (χ0v) is 55.8. The fraction of sp³-hybridized carbons (Fsp3) is 0.500. The van der Waals surface area contributed by atoms with Gasteiger partial charge in [0.1, 0.15) is 34.9 Å². The number of aryl methyl sites for hydroxylation is 2. The second-order valence-electron chi connectivity index (χ2n) is 16.0. The van der Waals surface area contributed by atoms with Gasteiger partial charge < -0.3 is 51.2 Å². The molecule has 14 nitrogen and oxygen atoms in total. The summed E-state index contributed by atoms with van der Waals surface area (Å²) in [4.78, 5) is 11.5. The van der Waals surface area contributed by atoms with E-state index in [1.807, 2.05) is 26.0 Å². The molecule has 1 heterocycles. The molecule has 0 amide bonds. The number of ether oxygens (including phenoxy) is 4. The van der Waals surface area contributed by atoms with Crippen molar-refractivity contribution in [1.29, 1.82) is 0 Å². The summed E-state index contributed by atoms with van der Waals surface area (Å²) in [5.41, 5.74) is 2.21. The Morgan fingerprint density at radius 2 is 0.986 bits per heavy atom. The van der Waals surface area contributed by atoms with Gasteiger partial charge in [-0.15, -0.1) is 26.3 Å². The number of phenols is 1. The standard InChI is InChI=1S/C12H13F3O2.C12H16O3S.C11H12F3NO2.C7H8O.C5H10O.CH3F.CH2O3.CH4O.2Cs.H/c13-12(14,15)17-11-7-5-10(6-8-11)16-9-3-1-2-4-9;1-10-6-8-12(9-7-10)16(13,14)15-11-4-2-3-5-11;12-11(13,14)17-9-3-1-8(2-4-9)16-10-5-6-15-7-10;1-6-2-4-7(8)5-3-6;6-5-3-1-2-4-5;1-2;2-1-4-3;1-2;;;/h5-9H,1-4H2;6-9,11H,2-5H2,1H3;1-4,10,15H,5-7H2;2-5,8H,1H3;5-6H,1-4H2;1H3;1,3H;2H,1H3;;;/q;;;;;;;;2*+1;-1/p-1/i;;;;;1D;;;;;. The average molecular weight is 1320 g/mol. The molecule has 0 aromatic heterocycles. The van der Waals surface area contributed by atoms with Crippen LogP contribution in [0.15, 0.2) is 102 Å². The number of nitrogens with one attached hydrogen (secondary N) is 1. The van der Waals surface area contributed by atoms with Crippen LogP contribution < -0.4 is 167 Å². The first-order valence-electron chi connectivity index (χ1n) is 23.6. The van der Waals surface area contributed by atoms with E-state index in [0.717, 1.165) is 96.4 Å². The van der Waals surface area contributed by atoms with E-state index in [2.05, 4.69) is 19.7 Å². The number of aliphatic hydroxyl groups excluding tert-OH is 2. The number of hydrogen-bond acceptors (Lipinski definition) is 14. The van der Waals surface area contributed by atoms with Gasteiger partial charge in [0.2, 0.25) is 0 Å². The Kier molecular flexibility index (Phi) is 41.9. The minimum absolute atomic E-state index is 0. The monoisotopic (exact) mass is 1320 g/mol. The second kappa shape index (κ2) is 42.6. The van der Waals surface area contributed by atoms with Gasteiger partial charge in [-0.1, -0.05) is 61.1 Å². The van der Waals surface area contributed by atoms with Crippen molar-refractivity contribution in [2.45, 2.75) is 139 Å². The van der Waals surface area contributed by atoms with Crippen LogP contribution in [0.3, 0.4) is 0 Å². The van der Waals surface area contributed by atoms with Crippen molar-refractivity contribution in [3.05, 3.63) is 108 Å². The van der Waals surface area contributed by atoms with Crippen molar-refractivity contribution in [1.82, 2.24) is 5.32 Å². The molecule has 1 saturated heterocycles. The maximum Gasteiger partial charge on any atom is 1.00 e. The molecule has 4 aromatic rings. The molecule has 4 fully saturated rings. The number of carbonyl (C=O) groups is 1. The molecule has 1 atom stereocenters. The van der Waals surface area contributed by atoms with Crippen molar-refractivity contribution in [3.8, 4) is 28.7 Å². The average Bonchev–Trinajstić information content (AvgIpc) is 4.22. The molecule has 74 heavy (non-hydrogen) atoms. The molecule has 3 saturated carbocycles. The van der Waals surface area contributed by atoms with Gasteiger partial charge in [0, 0.05) is 13.7 Å². The molecule has 4 N–H and O–H groups in total. The Morgan fingerprint density at radius 1 is 0.635 bits per heavy atom. The van der Waals surface area contributed by atoms with Crippen LogP contribution in [0, 0.1) is 13.8 Å². The third kappa shape index (κ3) is 36.7. The van der Waals surface area contributed by atoms with Gasteiger partial charge in [-0.3, -0.25) is 13.4 Å². The van der Waals surface area contributed by atoms with Crippen LogP contribution in [0.5, 0.6) is 28.7 Å². The van der Waals surface area contributed by atoms with Gasteiger partial charge in [0.15, 0.2) is 0 Å². The van der Waals surface area contributed by atoms with Crippen LogP contribution >= 0.6 is 0 Å². The van der Waals surface area contributed by atoms with E-state index in [4.69, 9.17) is 40.4 Å². The number of alkyl halides is 7. The van der Waals surface area contributed by atoms with Crippen molar-refractivity contribution in [2.75, 3.05) is 27.4 Å². The fourth-order valence-electron chi connectivity index (χ4n) is 6.93. The first kappa shape index (κ1) is 72.7. The number of hydrogen-bond donors (Lipinski definition) is 4. The van der Waals surface area contributed by atoms with Gasteiger partial charge in [-0.2, -0.15) is 8.42 Å². The molecule has 1 unspecified atom stereocenters. The van der Waals surface area contributed by atoms with E-state index < -0.39 is 30.0 Å². The SMILES string of the molecule is CO.Cc1ccc(O)cc1.Cc1ccc(S(=O)(=O)OC2CCCC2)cc1.FC(F)(F)Oc1ccc(OC2CCCC2)cc1.FC(F)(F)Oc1ccc(OC2CCNC2)cc1.O=CO[O-].OC1CCCC1.[2H]CF.[Cs+].[Cs+].[H-]. The predicted octanol–water partition coefficient (Wildman–Crippen LogP) is 4.25. The first-order valence-corrected chi connectivity index (χ1v) is 24.3. The topological polar surface area (TPSA) is 202 Å². The number of carbonyl (C=O) groups excluding carboxylic acids is 1. The van der Waals surface area contributed by atoms with E-state index in [0.29, 0.717) is 17.2 Å². The number of phenolic OH excluding ortho intramolecular Hbond substituents is 1. The number of benzene rings is 4. The summed E-state index contributed by atoms with van der Waals surface area (Å²) in [6, 6.07) is 24.8. The second-order valence-corrected chi connectivity index (χ2v) is 17.6. The Balaban J connectivity index is -0.000000861. The molecule has 1 aliphatic heterocycles. The molecule has 24 heteroatoms. The Bertz CT molecular complexity index is 2030. The van der Waals surface area contributed by atoms with E-state index in [1.165, 1.54) is 66.9 Å². The van der Waals surface area contributed by atoms with Gasteiger partial charge in [-0.25, -0.2) is 0 Å². The summed E-state index contributed by atoms with van der Waals surface area (Å²) in [5.74, 6) is 1.00. The predicted molar refractivity (Wildman–Crippen MR) is 253 cm³/mol. The summed E-state index contributed by atoms with van der Waals surface area (Å²) in [6.07, 6.45) is 4.54. The minimum atomic E-state index is -4.66. The van der Waals surface area contributed by atoms with Gasteiger partial charge in [0.25, 0.3) is 16.6 Å². The summed E-state index contributed by atoms with van der Waals surface area (Å²) in [7, 11) is -3.56. The van der Waals surface area contributed by atoms with E-state index in [-0.39, 0.29) is 186 Å². The van der Waals surface area contributed by atoms with E-state index >= 15 is 0 Å². The van der Waals surface area contributed by atoms with E-state index in [1.54, 1.807) is 36.4 Å². The molecule has 0 bridgehead atoms. The van der Waals surface area contributed by atoms with Crippen molar-refractivity contribution >= 4 is 16.6 Å². The largest absolute Gasteiger partial charge is 1.00 e. The molecule has 3 aliphatic carbocycles. The summed E-state index contributed by atoms with van der Waals surface area (Å²) in [5, 5.41) is 36.1. The molecule has 4 aliphatic rings. The van der Waals surface area contributed by atoms with Gasteiger partial charge in [-0.05, 0) is 151 Å². The van der Waals surface area contributed by atoms with Crippen LogP contribution in [-0.4, -0.2) is 94.7 Å². The summed E-state index contributed by atoms with van der Waals surface area (Å²) in [6.45, 7) is 5.40. The zero-order chi connectivity index (χ0) is 54.7. The van der Waals surface area contributed by atoms with Gasteiger partial charge >= 0.3 is 151 Å². The van der Waals surface area contributed by atoms with Crippen molar-refractivity contribution in [2.24, 2.45) is 0 Å². The van der Waals surface area contributed by atoms with Crippen molar-refractivity contribution in [3.63, 3.8) is 0 Å². The van der Waals surface area contributed by atoms with Crippen molar-refractivity contribution < 1.29 is 233 Å². The van der Waals surface area contributed by atoms with Crippen LogP contribution in [0.1, 0.15) is 97.4 Å². The van der Waals surface area contributed by atoms with E-state index in [9.17, 15) is 39.2 Å². The van der Waals surface area contributed by atoms with Gasteiger partial charge in [0.05, 0.1) is 31.7 Å². The third-order valence-electron chi connectivity index (χ3n) is 10.3. The summed E-state index contributed by atoms with van der Waals surface area (Å²) < 4.78 is 135. The molecule has 8 rings (SSSR count). The van der Waals surface area contributed by atoms with Crippen LogP contribution in [0.25, 0.3) is 0 Å². The Morgan fingerprint density at radius 3 is 1.31 bits per heavy atom. The number of halogens is 7. The molecule has 4 aromatic carbocycles.